The maximum atomic E-state index is 12.6. The molecule has 2 heterocycles. The van der Waals surface area contributed by atoms with Crippen molar-refractivity contribution in [2.24, 2.45) is 5.92 Å². The molecule has 3 N–H and O–H groups in total. The van der Waals surface area contributed by atoms with Crippen LogP contribution in [0.25, 0.3) is 0 Å². The molecule has 2 aromatic rings. The quantitative estimate of drug-likeness (QED) is 0.487. The van der Waals surface area contributed by atoms with Crippen LogP contribution < -0.4 is 10.5 Å². The predicted molar refractivity (Wildman–Crippen MR) is 134 cm³/mol. The van der Waals surface area contributed by atoms with Gasteiger partial charge in [-0.15, -0.1) is 11.3 Å². The third-order valence-corrected chi connectivity index (χ3v) is 9.64. The van der Waals surface area contributed by atoms with Gasteiger partial charge in [0.05, 0.1) is 5.69 Å². The van der Waals surface area contributed by atoms with E-state index < -0.39 is 10.0 Å². The minimum atomic E-state index is -3.56. The average molecular weight is 512 g/mol. The lowest BCUT2D eigenvalue weighted by Gasteiger charge is -2.36. The summed E-state index contributed by atoms with van der Waals surface area (Å²) >= 11 is 7.43. The molecule has 0 aliphatic heterocycles. The number of thiazole rings is 1. The highest BCUT2D eigenvalue weighted by Gasteiger charge is 2.29. The van der Waals surface area contributed by atoms with Crippen molar-refractivity contribution in [3.05, 3.63) is 34.1 Å². The Balaban J connectivity index is 1.25. The van der Waals surface area contributed by atoms with Gasteiger partial charge in [0.25, 0.3) is 0 Å². The molecule has 2 aliphatic carbocycles. The number of nitrogens with two attached hydrogens (primary N) is 1. The molecule has 33 heavy (non-hydrogen) atoms. The van der Waals surface area contributed by atoms with Gasteiger partial charge in [-0.1, -0.05) is 18.5 Å². The van der Waals surface area contributed by atoms with Crippen LogP contribution in [-0.4, -0.2) is 48.5 Å². The molecule has 4 rings (SSSR count). The van der Waals surface area contributed by atoms with E-state index in [4.69, 9.17) is 17.3 Å². The lowest BCUT2D eigenvalue weighted by Crippen LogP contribution is -2.41. The zero-order chi connectivity index (χ0) is 23.4. The largest absolute Gasteiger partial charge is 0.375 e. The summed E-state index contributed by atoms with van der Waals surface area (Å²) in [5.74, 6) is 0.653. The van der Waals surface area contributed by atoms with Crippen LogP contribution in [0, 0.1) is 5.92 Å². The average Bonchev–Trinajstić information content (AvgIpc) is 3.17. The summed E-state index contributed by atoms with van der Waals surface area (Å²) in [6, 6.07) is 3.57. The number of hydrogen-bond acceptors (Lipinski definition) is 7. The lowest BCUT2D eigenvalue weighted by molar-refractivity contribution is 0.158. The summed E-state index contributed by atoms with van der Waals surface area (Å²) in [5, 5.41) is 0.985. The Morgan fingerprint density at radius 3 is 2.70 bits per heavy atom. The highest BCUT2D eigenvalue weighted by Crippen LogP contribution is 2.32. The van der Waals surface area contributed by atoms with E-state index in [1.54, 1.807) is 11.3 Å². The third kappa shape index (κ3) is 6.45. The Morgan fingerprint density at radius 2 is 2.00 bits per heavy atom. The molecule has 1 saturated carbocycles. The van der Waals surface area contributed by atoms with Crippen LogP contribution in [0.4, 0.5) is 5.13 Å². The molecule has 0 radical (unpaired) electrons. The summed E-state index contributed by atoms with van der Waals surface area (Å²) in [4.78, 5) is 12.6. The summed E-state index contributed by atoms with van der Waals surface area (Å²) in [5.41, 5.74) is 7.13. The zero-order valence-electron chi connectivity index (χ0n) is 19.2. The van der Waals surface area contributed by atoms with Crippen LogP contribution in [0.1, 0.15) is 62.4 Å². The van der Waals surface area contributed by atoms with Gasteiger partial charge < -0.3 is 10.6 Å². The lowest BCUT2D eigenvalue weighted by atomic mass is 9.84. The Kier molecular flexibility index (Phi) is 8.28. The first-order chi connectivity index (χ1) is 15.8. The first-order valence-electron chi connectivity index (χ1n) is 12.0. The van der Waals surface area contributed by atoms with Crippen molar-refractivity contribution in [3.8, 4) is 0 Å². The van der Waals surface area contributed by atoms with Gasteiger partial charge >= 0.3 is 0 Å². The van der Waals surface area contributed by atoms with E-state index in [1.807, 2.05) is 0 Å². The van der Waals surface area contributed by atoms with Gasteiger partial charge in [-0.25, -0.2) is 23.1 Å². The predicted octanol–water partition coefficient (Wildman–Crippen LogP) is 4.27. The van der Waals surface area contributed by atoms with Crippen molar-refractivity contribution in [2.75, 3.05) is 18.8 Å². The van der Waals surface area contributed by atoms with Gasteiger partial charge in [0.15, 0.2) is 5.13 Å². The molecule has 0 unspecified atom stereocenters. The Labute approximate surface area is 206 Å². The maximum absolute atomic E-state index is 12.6. The van der Waals surface area contributed by atoms with E-state index in [9.17, 15) is 8.42 Å². The summed E-state index contributed by atoms with van der Waals surface area (Å²) in [7, 11) is -3.56. The molecule has 1 fully saturated rings. The van der Waals surface area contributed by atoms with Gasteiger partial charge in [-0.05, 0) is 88.9 Å². The molecule has 2 aromatic heterocycles. The first-order valence-corrected chi connectivity index (χ1v) is 14.6. The second-order valence-electron chi connectivity index (χ2n) is 9.30. The topological polar surface area (TPSA) is 101 Å². The molecule has 10 heteroatoms. The molecule has 2 aliphatic rings. The number of sulfonamides is 1. The minimum Gasteiger partial charge on any atom is -0.375 e. The van der Waals surface area contributed by atoms with Crippen molar-refractivity contribution in [2.45, 2.75) is 81.7 Å². The Hall–Kier alpha value is -1.26. The number of halogens is 1. The monoisotopic (exact) mass is 511 g/mol. The number of pyridine rings is 1. The standard InChI is InChI=1S/C23H34ClN5O2S2/c1-2-12-29(18-7-9-20-21(14-18)32-23(25)27-20)13-11-16-3-5-17(6-4-16)28-33(30,31)19-8-10-22(24)26-15-19/h8,10,15-18,28H,2-7,9,11-14H2,1H3,(H2,25,27)/t16-,17-,18-/m0/s1. The molecule has 0 bridgehead atoms. The summed E-state index contributed by atoms with van der Waals surface area (Å²) in [6.45, 7) is 4.48. The Bertz CT molecular complexity index is 1020. The van der Waals surface area contributed by atoms with E-state index >= 15 is 0 Å². The van der Waals surface area contributed by atoms with Crippen LogP contribution in [-0.2, 0) is 22.9 Å². The molecule has 0 saturated heterocycles. The molecule has 0 aromatic carbocycles. The van der Waals surface area contributed by atoms with Crippen molar-refractivity contribution in [3.63, 3.8) is 0 Å². The van der Waals surface area contributed by atoms with E-state index in [2.05, 4.69) is 26.5 Å². The van der Waals surface area contributed by atoms with Crippen LogP contribution in [0.2, 0.25) is 5.15 Å². The number of anilines is 1. The fourth-order valence-corrected chi connectivity index (χ4v) is 7.49. The van der Waals surface area contributed by atoms with E-state index in [-0.39, 0.29) is 16.1 Å². The molecule has 1 atom stereocenters. The Morgan fingerprint density at radius 1 is 1.21 bits per heavy atom. The number of nitrogens with one attached hydrogen (secondary N) is 1. The van der Waals surface area contributed by atoms with Crippen molar-refractivity contribution >= 4 is 38.1 Å². The molecular weight excluding hydrogens is 478 g/mol. The third-order valence-electron chi connectivity index (χ3n) is 6.96. The number of aryl methyl sites for hydroxylation is 1. The summed E-state index contributed by atoms with van der Waals surface area (Å²) in [6.07, 6.45) is 10.8. The minimum absolute atomic E-state index is 0.0118. The number of nitrogens with zero attached hydrogens (tertiary/aromatic N) is 3. The van der Waals surface area contributed by atoms with Crippen LogP contribution in [0.15, 0.2) is 23.2 Å². The molecular formula is C23H34ClN5O2S2. The number of fused-ring (bicyclic) bond motifs is 1. The fourth-order valence-electron chi connectivity index (χ4n) is 5.18. The summed E-state index contributed by atoms with van der Waals surface area (Å²) < 4.78 is 28.1. The molecule has 7 nitrogen and oxygen atoms in total. The van der Waals surface area contributed by atoms with Crippen LogP contribution >= 0.6 is 22.9 Å². The van der Waals surface area contributed by atoms with Gasteiger partial charge in [-0.2, -0.15) is 0 Å². The first kappa shape index (κ1) is 24.9. The number of nitrogen functional groups attached to an aromatic ring is 1. The van der Waals surface area contributed by atoms with Crippen molar-refractivity contribution < 1.29 is 8.42 Å². The van der Waals surface area contributed by atoms with Crippen molar-refractivity contribution in [1.29, 1.82) is 0 Å². The van der Waals surface area contributed by atoms with Gasteiger partial charge in [0, 0.05) is 23.2 Å². The highest BCUT2D eigenvalue weighted by atomic mass is 35.5. The molecule has 182 valence electrons. The number of aromatic nitrogens is 2. The smallest absolute Gasteiger partial charge is 0.242 e. The normalized spacial score (nSPS) is 23.5. The van der Waals surface area contributed by atoms with Crippen molar-refractivity contribution in [1.82, 2.24) is 19.6 Å². The van der Waals surface area contributed by atoms with E-state index in [0.29, 0.717) is 17.1 Å². The van der Waals surface area contributed by atoms with Crippen LogP contribution in [0.5, 0.6) is 0 Å². The zero-order valence-corrected chi connectivity index (χ0v) is 21.6. The maximum Gasteiger partial charge on any atom is 0.242 e. The van der Waals surface area contributed by atoms with E-state index in [0.717, 1.165) is 64.5 Å². The van der Waals surface area contributed by atoms with Crippen LogP contribution in [0.3, 0.4) is 0 Å². The van der Waals surface area contributed by atoms with E-state index in [1.165, 1.54) is 35.3 Å². The van der Waals surface area contributed by atoms with Gasteiger partial charge in [-0.3, -0.25) is 0 Å². The SMILES string of the molecule is CCCN(CC[C@H]1CC[C@H](NS(=O)(=O)c2ccc(Cl)nc2)CC1)[C@H]1CCc2nc(N)sc2C1. The number of hydrogen-bond donors (Lipinski definition) is 2. The second kappa shape index (κ2) is 11.0. The fraction of sp³-hybridized carbons (Fsp3) is 0.652. The molecule has 0 amide bonds. The second-order valence-corrected chi connectivity index (χ2v) is 12.5. The highest BCUT2D eigenvalue weighted by molar-refractivity contribution is 7.89. The van der Waals surface area contributed by atoms with Gasteiger partial charge in [0.1, 0.15) is 10.0 Å². The number of rotatable bonds is 9. The molecule has 0 spiro atoms. The van der Waals surface area contributed by atoms with Gasteiger partial charge in [0.2, 0.25) is 10.0 Å².